The van der Waals surface area contributed by atoms with E-state index in [0.717, 1.165) is 0 Å². The summed E-state index contributed by atoms with van der Waals surface area (Å²) in [6, 6.07) is 16.0. The molecule has 0 unspecified atom stereocenters. The minimum Gasteiger partial charge on any atom is -0.322 e. The van der Waals surface area contributed by atoms with E-state index in [4.69, 9.17) is 5.26 Å². The first-order valence-electron chi connectivity index (χ1n) is 7.32. The number of carbonyl (C=O) groups excluding carboxylic acids is 1. The van der Waals surface area contributed by atoms with Gasteiger partial charge in [-0.1, -0.05) is 18.2 Å². The predicted molar refractivity (Wildman–Crippen MR) is 90.8 cm³/mol. The van der Waals surface area contributed by atoms with Gasteiger partial charge in [-0.15, -0.1) is 0 Å². The molecule has 1 heterocycles. The molecule has 1 amide bonds. The average Bonchev–Trinajstić information content (AvgIpc) is 2.64. The number of nitriles is 1. The molecule has 7 heteroatoms. The summed E-state index contributed by atoms with van der Waals surface area (Å²) in [7, 11) is 0. The van der Waals surface area contributed by atoms with Gasteiger partial charge in [0.1, 0.15) is 11.5 Å². The lowest BCUT2D eigenvalue weighted by Crippen LogP contribution is -2.15. The third-order valence-corrected chi connectivity index (χ3v) is 3.26. The summed E-state index contributed by atoms with van der Waals surface area (Å²) in [4.78, 5) is 20.4. The van der Waals surface area contributed by atoms with Crippen LogP contribution in [0.25, 0.3) is 0 Å². The summed E-state index contributed by atoms with van der Waals surface area (Å²) in [5.74, 6) is -0.813. The first-order valence-corrected chi connectivity index (χ1v) is 7.32. The first-order chi connectivity index (χ1) is 12.2. The fourth-order valence-corrected chi connectivity index (χ4v) is 2.09. The van der Waals surface area contributed by atoms with Gasteiger partial charge in [-0.05, 0) is 36.4 Å². The molecule has 0 aliphatic rings. The number of amides is 1. The van der Waals surface area contributed by atoms with E-state index in [1.54, 1.807) is 42.5 Å². The number of rotatable bonds is 4. The third-order valence-electron chi connectivity index (χ3n) is 3.26. The smallest absolute Gasteiger partial charge is 0.274 e. The maximum absolute atomic E-state index is 13.7. The normalized spacial score (nSPS) is 9.92. The van der Waals surface area contributed by atoms with Crippen LogP contribution >= 0.6 is 0 Å². The van der Waals surface area contributed by atoms with Crippen LogP contribution in [-0.2, 0) is 0 Å². The van der Waals surface area contributed by atoms with Gasteiger partial charge in [-0.2, -0.15) is 5.26 Å². The lowest BCUT2D eigenvalue weighted by molar-refractivity contribution is 0.102. The number of benzene rings is 2. The van der Waals surface area contributed by atoms with E-state index < -0.39 is 11.7 Å². The molecule has 0 fully saturated rings. The fourth-order valence-electron chi connectivity index (χ4n) is 2.09. The number of para-hydroxylation sites is 1. The van der Waals surface area contributed by atoms with Crippen molar-refractivity contribution in [1.82, 2.24) is 9.97 Å². The van der Waals surface area contributed by atoms with Crippen molar-refractivity contribution < 1.29 is 9.18 Å². The fraction of sp³-hybridized carbons (Fsp3) is 0. The SMILES string of the molecule is N#Cc1cccc(NC(=O)c2ccnc(Nc3ccccc3F)n2)c1. The van der Waals surface area contributed by atoms with Crippen molar-refractivity contribution in [3.63, 3.8) is 0 Å². The number of nitrogens with one attached hydrogen (secondary N) is 2. The van der Waals surface area contributed by atoms with Crippen molar-refractivity contribution in [2.24, 2.45) is 0 Å². The maximum Gasteiger partial charge on any atom is 0.274 e. The zero-order chi connectivity index (χ0) is 17.6. The van der Waals surface area contributed by atoms with Gasteiger partial charge in [0.05, 0.1) is 17.3 Å². The number of hydrogen-bond acceptors (Lipinski definition) is 5. The lowest BCUT2D eigenvalue weighted by Gasteiger charge is -2.08. The van der Waals surface area contributed by atoms with Gasteiger partial charge in [0, 0.05) is 11.9 Å². The van der Waals surface area contributed by atoms with Gasteiger partial charge in [-0.25, -0.2) is 14.4 Å². The topological polar surface area (TPSA) is 90.7 Å². The Kier molecular flexibility index (Phi) is 4.62. The molecule has 3 aromatic rings. The summed E-state index contributed by atoms with van der Waals surface area (Å²) in [6.45, 7) is 0. The lowest BCUT2D eigenvalue weighted by atomic mass is 10.2. The molecule has 0 radical (unpaired) electrons. The summed E-state index contributed by atoms with van der Waals surface area (Å²) < 4.78 is 13.7. The van der Waals surface area contributed by atoms with Crippen molar-refractivity contribution in [3.8, 4) is 6.07 Å². The van der Waals surface area contributed by atoms with Gasteiger partial charge in [0.15, 0.2) is 0 Å². The highest BCUT2D eigenvalue weighted by atomic mass is 19.1. The first kappa shape index (κ1) is 16.1. The minimum atomic E-state index is -0.464. The molecule has 0 aliphatic carbocycles. The number of aromatic nitrogens is 2. The molecule has 0 saturated heterocycles. The second kappa shape index (κ2) is 7.19. The zero-order valence-electron chi connectivity index (χ0n) is 12.9. The Morgan fingerprint density at radius 3 is 2.76 bits per heavy atom. The Labute approximate surface area is 143 Å². The third kappa shape index (κ3) is 3.95. The Bertz CT molecular complexity index is 967. The summed E-state index contributed by atoms with van der Waals surface area (Å²) in [6.07, 6.45) is 1.40. The van der Waals surface area contributed by atoms with E-state index >= 15 is 0 Å². The van der Waals surface area contributed by atoms with Crippen LogP contribution in [0.1, 0.15) is 16.1 Å². The van der Waals surface area contributed by atoms with E-state index in [0.29, 0.717) is 11.3 Å². The van der Waals surface area contributed by atoms with Gasteiger partial charge < -0.3 is 10.6 Å². The summed E-state index contributed by atoms with van der Waals surface area (Å²) in [5, 5.41) is 14.3. The molecule has 122 valence electrons. The van der Waals surface area contributed by atoms with Crippen LogP contribution in [0.4, 0.5) is 21.7 Å². The van der Waals surface area contributed by atoms with Crippen LogP contribution in [0.2, 0.25) is 0 Å². The molecule has 6 nitrogen and oxygen atoms in total. The van der Waals surface area contributed by atoms with Crippen LogP contribution < -0.4 is 10.6 Å². The average molecular weight is 333 g/mol. The minimum absolute atomic E-state index is 0.100. The summed E-state index contributed by atoms with van der Waals surface area (Å²) >= 11 is 0. The molecule has 2 N–H and O–H groups in total. The monoisotopic (exact) mass is 333 g/mol. The standard InChI is InChI=1S/C18H12FN5O/c19-14-6-1-2-7-15(14)23-18-21-9-8-16(24-18)17(25)22-13-5-3-4-12(10-13)11-20/h1-10H,(H,22,25)(H,21,23,24). The quantitative estimate of drug-likeness (QED) is 0.763. The van der Waals surface area contributed by atoms with Crippen molar-refractivity contribution in [3.05, 3.63) is 77.9 Å². The van der Waals surface area contributed by atoms with E-state index in [9.17, 15) is 9.18 Å². The van der Waals surface area contributed by atoms with E-state index in [-0.39, 0.29) is 17.3 Å². The predicted octanol–water partition coefficient (Wildman–Crippen LogP) is 3.48. The Morgan fingerprint density at radius 2 is 1.96 bits per heavy atom. The number of hydrogen-bond donors (Lipinski definition) is 2. The molecule has 0 aliphatic heterocycles. The molecular formula is C18H12FN5O. The van der Waals surface area contributed by atoms with Gasteiger partial charge in [0.2, 0.25) is 5.95 Å². The van der Waals surface area contributed by atoms with Gasteiger partial charge >= 0.3 is 0 Å². The highest BCUT2D eigenvalue weighted by Crippen LogP contribution is 2.17. The molecule has 2 aromatic carbocycles. The molecular weight excluding hydrogens is 321 g/mol. The van der Waals surface area contributed by atoms with E-state index in [2.05, 4.69) is 20.6 Å². The van der Waals surface area contributed by atoms with Crippen molar-refractivity contribution in [2.75, 3.05) is 10.6 Å². The largest absolute Gasteiger partial charge is 0.322 e. The Morgan fingerprint density at radius 1 is 1.12 bits per heavy atom. The Hall–Kier alpha value is -3.79. The van der Waals surface area contributed by atoms with Crippen LogP contribution in [0.5, 0.6) is 0 Å². The van der Waals surface area contributed by atoms with Crippen LogP contribution in [0.3, 0.4) is 0 Å². The number of halogens is 1. The highest BCUT2D eigenvalue weighted by molar-refractivity contribution is 6.03. The van der Waals surface area contributed by atoms with Crippen LogP contribution in [-0.4, -0.2) is 15.9 Å². The van der Waals surface area contributed by atoms with Gasteiger partial charge in [0.25, 0.3) is 5.91 Å². The second-order valence-electron chi connectivity index (χ2n) is 5.02. The molecule has 0 bridgehead atoms. The van der Waals surface area contributed by atoms with Crippen molar-refractivity contribution >= 4 is 23.2 Å². The van der Waals surface area contributed by atoms with Crippen LogP contribution in [0, 0.1) is 17.1 Å². The molecule has 25 heavy (non-hydrogen) atoms. The van der Waals surface area contributed by atoms with Crippen molar-refractivity contribution in [1.29, 1.82) is 5.26 Å². The zero-order valence-corrected chi connectivity index (χ0v) is 12.9. The highest BCUT2D eigenvalue weighted by Gasteiger charge is 2.10. The Balaban J connectivity index is 1.77. The molecule has 0 atom stereocenters. The molecule has 0 spiro atoms. The molecule has 0 saturated carbocycles. The number of carbonyl (C=O) groups is 1. The maximum atomic E-state index is 13.7. The van der Waals surface area contributed by atoms with Gasteiger partial charge in [-0.3, -0.25) is 4.79 Å². The number of anilines is 3. The van der Waals surface area contributed by atoms with Crippen molar-refractivity contribution in [2.45, 2.75) is 0 Å². The summed E-state index contributed by atoms with van der Waals surface area (Å²) in [5.41, 5.74) is 1.23. The van der Waals surface area contributed by atoms with E-state index in [1.165, 1.54) is 18.3 Å². The van der Waals surface area contributed by atoms with E-state index in [1.807, 2.05) is 6.07 Å². The molecule has 3 rings (SSSR count). The molecule has 1 aromatic heterocycles. The number of nitrogens with zero attached hydrogens (tertiary/aromatic N) is 3. The second-order valence-corrected chi connectivity index (χ2v) is 5.02. The van der Waals surface area contributed by atoms with Crippen LogP contribution in [0.15, 0.2) is 60.8 Å².